The number of halogens is 3. The van der Waals surface area contributed by atoms with Gasteiger partial charge in [-0.1, -0.05) is 19.3 Å². The highest BCUT2D eigenvalue weighted by Crippen LogP contribution is 2.37. The number of anilines is 2. The third-order valence-electron chi connectivity index (χ3n) is 7.21. The highest BCUT2D eigenvalue weighted by molar-refractivity contribution is 6.12. The molecule has 2 aromatic heterocycles. The van der Waals surface area contributed by atoms with Crippen molar-refractivity contribution >= 4 is 29.5 Å². The topological polar surface area (TPSA) is 126 Å². The molecular formula is C24H30F3N7O3. The van der Waals surface area contributed by atoms with E-state index in [0.29, 0.717) is 42.0 Å². The zero-order valence-corrected chi connectivity index (χ0v) is 20.6. The number of aryl methyl sites for hydroxylation is 1. The number of carbonyl (C=O) groups is 3. The molecule has 4 amide bonds. The third-order valence-corrected chi connectivity index (χ3v) is 7.21. The van der Waals surface area contributed by atoms with Crippen LogP contribution < -0.4 is 16.0 Å². The van der Waals surface area contributed by atoms with Gasteiger partial charge in [-0.2, -0.15) is 18.3 Å². The van der Waals surface area contributed by atoms with E-state index in [4.69, 9.17) is 5.73 Å². The zero-order valence-electron chi connectivity index (χ0n) is 20.6. The average Bonchev–Trinajstić information content (AvgIpc) is 3.28. The maximum absolute atomic E-state index is 13.9. The Hall–Kier alpha value is -3.64. The van der Waals surface area contributed by atoms with Gasteiger partial charge < -0.3 is 11.1 Å². The van der Waals surface area contributed by atoms with Crippen molar-refractivity contribution in [2.75, 3.05) is 17.7 Å². The van der Waals surface area contributed by atoms with Crippen LogP contribution in [0.25, 0.3) is 0 Å². The summed E-state index contributed by atoms with van der Waals surface area (Å²) in [5.41, 5.74) is 6.35. The number of likely N-dealkylation sites (N-methyl/N-ethyl adjacent to an activating group) is 1. The van der Waals surface area contributed by atoms with Crippen LogP contribution in [0.4, 0.5) is 29.6 Å². The van der Waals surface area contributed by atoms with Crippen molar-refractivity contribution < 1.29 is 27.6 Å². The summed E-state index contributed by atoms with van der Waals surface area (Å²) < 4.78 is 43.3. The molecule has 0 bridgehead atoms. The van der Waals surface area contributed by atoms with Gasteiger partial charge in [-0.15, -0.1) is 0 Å². The Morgan fingerprint density at radius 1 is 1.22 bits per heavy atom. The van der Waals surface area contributed by atoms with Gasteiger partial charge in [0.25, 0.3) is 5.91 Å². The predicted octanol–water partition coefficient (Wildman–Crippen LogP) is 2.65. The van der Waals surface area contributed by atoms with Crippen LogP contribution >= 0.6 is 0 Å². The van der Waals surface area contributed by atoms with Crippen LogP contribution in [0, 0.1) is 11.8 Å². The summed E-state index contributed by atoms with van der Waals surface area (Å²) in [5, 5.41) is 6.07. The number of pyridine rings is 1. The molecule has 2 fully saturated rings. The molecule has 0 radical (unpaired) electrons. The molecule has 3 N–H and O–H groups in total. The van der Waals surface area contributed by atoms with Crippen molar-refractivity contribution in [3.05, 3.63) is 36.2 Å². The number of nitrogens with two attached hydrogens (primary N) is 1. The van der Waals surface area contributed by atoms with Crippen molar-refractivity contribution in [1.82, 2.24) is 25.0 Å². The normalized spacial score (nSPS) is 21.3. The van der Waals surface area contributed by atoms with Gasteiger partial charge in [0.1, 0.15) is 23.7 Å². The van der Waals surface area contributed by atoms with Gasteiger partial charge in [-0.05, 0) is 42.9 Å². The van der Waals surface area contributed by atoms with Gasteiger partial charge in [0.05, 0.1) is 12.1 Å². The molecule has 200 valence electrons. The summed E-state index contributed by atoms with van der Waals surface area (Å²) in [4.78, 5) is 45.6. The number of hydrogen-bond acceptors (Lipinski definition) is 6. The Bertz CT molecular complexity index is 1160. The molecule has 1 aliphatic carbocycles. The van der Waals surface area contributed by atoms with Crippen molar-refractivity contribution in [1.29, 1.82) is 0 Å². The van der Waals surface area contributed by atoms with E-state index < -0.39 is 47.9 Å². The van der Waals surface area contributed by atoms with Crippen LogP contribution in [0.15, 0.2) is 30.6 Å². The Kier molecular flexibility index (Phi) is 7.42. The van der Waals surface area contributed by atoms with E-state index in [1.165, 1.54) is 29.0 Å². The first-order chi connectivity index (χ1) is 17.5. The van der Waals surface area contributed by atoms with Gasteiger partial charge in [-0.25, -0.2) is 9.78 Å². The molecule has 13 heteroatoms. The summed E-state index contributed by atoms with van der Waals surface area (Å²) >= 11 is 0. The van der Waals surface area contributed by atoms with E-state index in [2.05, 4.69) is 10.1 Å². The smallest absolute Gasteiger partial charge is 0.384 e. The number of urea groups is 1. The molecule has 1 unspecified atom stereocenters. The fourth-order valence-corrected chi connectivity index (χ4v) is 5.28. The maximum atomic E-state index is 13.9. The first-order valence-electron chi connectivity index (χ1n) is 12.1. The second kappa shape index (κ2) is 10.4. The predicted molar refractivity (Wildman–Crippen MR) is 128 cm³/mol. The number of nitrogens with zero attached hydrogens (tertiary/aromatic N) is 5. The van der Waals surface area contributed by atoms with E-state index in [0.717, 1.165) is 6.42 Å². The van der Waals surface area contributed by atoms with Crippen LogP contribution in [0.5, 0.6) is 0 Å². The van der Waals surface area contributed by atoms with Crippen molar-refractivity contribution in [2.24, 2.45) is 18.9 Å². The summed E-state index contributed by atoms with van der Waals surface area (Å²) in [6, 6.07) is 0.122. The Morgan fingerprint density at radius 2 is 1.92 bits per heavy atom. The minimum absolute atomic E-state index is 0.0658. The molecule has 4 rings (SSSR count). The van der Waals surface area contributed by atoms with Crippen molar-refractivity contribution in [3.63, 3.8) is 0 Å². The largest absolute Gasteiger partial charge is 0.408 e. The number of β-lactam (4-membered cyclic amide) rings is 1. The molecule has 37 heavy (non-hydrogen) atoms. The lowest BCUT2D eigenvalue weighted by Crippen LogP contribution is -2.71. The number of likely N-dealkylation sites (tertiary alicyclic amines) is 1. The summed E-state index contributed by atoms with van der Waals surface area (Å²) in [6.45, 7) is 0. The molecule has 2 aliphatic rings. The van der Waals surface area contributed by atoms with Crippen LogP contribution in [0.3, 0.4) is 0 Å². The van der Waals surface area contributed by atoms with Gasteiger partial charge in [-0.3, -0.25) is 24.1 Å². The number of aromatic nitrogens is 3. The lowest BCUT2D eigenvalue weighted by Gasteiger charge is -2.46. The van der Waals surface area contributed by atoms with Crippen molar-refractivity contribution in [2.45, 2.75) is 56.8 Å². The van der Waals surface area contributed by atoms with Crippen LogP contribution in [-0.2, 0) is 23.1 Å². The second-order valence-electron chi connectivity index (χ2n) is 9.63. The lowest BCUT2D eigenvalue weighted by molar-refractivity contribution is -0.170. The maximum Gasteiger partial charge on any atom is 0.408 e. The first kappa shape index (κ1) is 26.4. The first-order valence-corrected chi connectivity index (χ1v) is 12.1. The molecule has 1 aliphatic heterocycles. The van der Waals surface area contributed by atoms with Crippen LogP contribution in [0.2, 0.25) is 0 Å². The molecular weight excluding hydrogens is 491 g/mol. The molecule has 10 nitrogen and oxygen atoms in total. The van der Waals surface area contributed by atoms with E-state index in [1.807, 2.05) is 5.32 Å². The minimum Gasteiger partial charge on any atom is -0.384 e. The molecule has 3 atom stereocenters. The zero-order chi connectivity index (χ0) is 26.9. The number of nitrogens with one attached hydrogen (secondary N) is 1. The summed E-state index contributed by atoms with van der Waals surface area (Å²) in [7, 11) is 3.07. The number of rotatable bonds is 6. The highest BCUT2D eigenvalue weighted by Gasteiger charge is 2.57. The fourth-order valence-electron chi connectivity index (χ4n) is 5.28. The molecule has 3 heterocycles. The number of nitrogen functional groups attached to an aromatic ring is 1. The van der Waals surface area contributed by atoms with E-state index >= 15 is 0 Å². The Balaban J connectivity index is 1.60. The Labute approximate surface area is 212 Å². The standard InChI is InChI=1S/C24H30F3N7O3/c1-32(18-9-11-30-33(18)2)22(36)19-16(12-14-8-10-29-17(28)13-14)21(35)34(19)23(37)31-20(24(25,26)27)15-6-4-3-5-7-15/h8-11,13,15-16,19-20H,3-7,12H2,1-2H3,(H2,28,29)(H,31,37)/t16-,19+,20?/m1/s1. The van der Waals surface area contributed by atoms with Gasteiger partial charge in [0.2, 0.25) is 5.91 Å². The fraction of sp³-hybridized carbons (Fsp3) is 0.542. The molecule has 1 saturated carbocycles. The van der Waals surface area contributed by atoms with Crippen molar-refractivity contribution in [3.8, 4) is 0 Å². The van der Waals surface area contributed by atoms with Gasteiger partial charge in [0.15, 0.2) is 0 Å². The molecule has 2 aromatic rings. The second-order valence-corrected chi connectivity index (χ2v) is 9.63. The van der Waals surface area contributed by atoms with Gasteiger partial charge >= 0.3 is 12.2 Å². The monoisotopic (exact) mass is 521 g/mol. The highest BCUT2D eigenvalue weighted by atomic mass is 19.4. The minimum atomic E-state index is -4.69. The molecule has 0 aromatic carbocycles. The SMILES string of the molecule is CN(C(=O)[C@@H]1[C@@H](Cc2ccnc(N)c2)C(=O)N1C(=O)NC(C1CCCCC1)C(F)(F)F)c1ccnn1C. The number of carbonyl (C=O) groups excluding carboxylic acids is 3. The van der Waals surface area contributed by atoms with E-state index in [1.54, 1.807) is 25.2 Å². The lowest BCUT2D eigenvalue weighted by atomic mass is 9.81. The average molecular weight is 522 g/mol. The third kappa shape index (κ3) is 5.39. The number of amides is 4. The number of hydrogen-bond donors (Lipinski definition) is 2. The number of alkyl halides is 3. The Morgan fingerprint density at radius 3 is 2.51 bits per heavy atom. The van der Waals surface area contributed by atoms with E-state index in [-0.39, 0.29) is 12.2 Å². The van der Waals surface area contributed by atoms with E-state index in [9.17, 15) is 27.6 Å². The van der Waals surface area contributed by atoms with Crippen LogP contribution in [0.1, 0.15) is 37.7 Å². The number of imide groups is 1. The van der Waals surface area contributed by atoms with Gasteiger partial charge in [0, 0.05) is 26.4 Å². The van der Waals surface area contributed by atoms with Crippen LogP contribution in [-0.4, -0.2) is 62.8 Å². The quantitative estimate of drug-likeness (QED) is 0.563. The molecule has 0 spiro atoms. The molecule has 1 saturated heterocycles. The summed E-state index contributed by atoms with van der Waals surface area (Å²) in [5.74, 6) is -2.48. The summed E-state index contributed by atoms with van der Waals surface area (Å²) in [6.07, 6.45) is 1.09.